The van der Waals surface area contributed by atoms with Gasteiger partial charge in [0.15, 0.2) is 0 Å². The van der Waals surface area contributed by atoms with Gasteiger partial charge in [-0.05, 0) is 37.6 Å². The summed E-state index contributed by atoms with van der Waals surface area (Å²) < 4.78 is 0. The summed E-state index contributed by atoms with van der Waals surface area (Å²) in [6.45, 7) is 10.3. The van der Waals surface area contributed by atoms with Crippen LogP contribution in [0.4, 0.5) is 0 Å². The SMILES string of the molecule is CCNC(=O)CN1CCCN(C(=O)c2ccc(SC(C)C)cc2)CC1. The first-order valence-corrected chi connectivity index (χ1v) is 9.92. The molecule has 0 unspecified atom stereocenters. The van der Waals surface area contributed by atoms with E-state index in [-0.39, 0.29) is 11.8 Å². The van der Waals surface area contributed by atoms with Crippen LogP contribution in [0.15, 0.2) is 29.2 Å². The fraction of sp³-hybridized carbons (Fsp3) is 0.579. The highest BCUT2D eigenvalue weighted by Crippen LogP contribution is 2.23. The number of carbonyl (C=O) groups excluding carboxylic acids is 2. The number of amides is 2. The van der Waals surface area contributed by atoms with Crippen LogP contribution < -0.4 is 5.32 Å². The zero-order valence-electron chi connectivity index (χ0n) is 15.5. The molecule has 2 rings (SSSR count). The van der Waals surface area contributed by atoms with Gasteiger partial charge in [0.05, 0.1) is 6.54 Å². The van der Waals surface area contributed by atoms with Crippen molar-refractivity contribution in [1.82, 2.24) is 15.1 Å². The molecule has 1 aliphatic rings. The third kappa shape index (κ3) is 6.36. The molecule has 5 nitrogen and oxygen atoms in total. The van der Waals surface area contributed by atoms with Crippen molar-refractivity contribution in [3.63, 3.8) is 0 Å². The van der Waals surface area contributed by atoms with Crippen LogP contribution in [0.25, 0.3) is 0 Å². The van der Waals surface area contributed by atoms with Crippen LogP contribution in [0.2, 0.25) is 0 Å². The molecule has 1 N–H and O–H groups in total. The average Bonchev–Trinajstić information content (AvgIpc) is 2.80. The van der Waals surface area contributed by atoms with E-state index in [0.29, 0.717) is 24.9 Å². The van der Waals surface area contributed by atoms with E-state index >= 15 is 0 Å². The Morgan fingerprint density at radius 3 is 2.48 bits per heavy atom. The lowest BCUT2D eigenvalue weighted by Gasteiger charge is -2.22. The molecule has 0 atom stereocenters. The van der Waals surface area contributed by atoms with E-state index in [2.05, 4.69) is 24.1 Å². The number of likely N-dealkylation sites (N-methyl/N-ethyl adjacent to an activating group) is 1. The lowest BCUT2D eigenvalue weighted by atomic mass is 10.2. The molecule has 0 bridgehead atoms. The molecule has 0 aromatic heterocycles. The van der Waals surface area contributed by atoms with Crippen LogP contribution in [-0.2, 0) is 4.79 Å². The van der Waals surface area contributed by atoms with Crippen LogP contribution in [-0.4, -0.2) is 66.1 Å². The summed E-state index contributed by atoms with van der Waals surface area (Å²) in [6.07, 6.45) is 0.895. The minimum atomic E-state index is 0.0560. The smallest absolute Gasteiger partial charge is 0.253 e. The van der Waals surface area contributed by atoms with Crippen LogP contribution in [0.1, 0.15) is 37.6 Å². The van der Waals surface area contributed by atoms with Gasteiger partial charge in [0.25, 0.3) is 5.91 Å². The molecule has 1 aliphatic heterocycles. The maximum atomic E-state index is 12.7. The third-order valence-corrected chi connectivity index (χ3v) is 5.11. The minimum Gasteiger partial charge on any atom is -0.355 e. The Balaban J connectivity index is 1.90. The number of rotatable bonds is 6. The molecule has 0 spiro atoms. The maximum absolute atomic E-state index is 12.7. The molecule has 25 heavy (non-hydrogen) atoms. The number of nitrogens with one attached hydrogen (secondary N) is 1. The summed E-state index contributed by atoms with van der Waals surface area (Å²) in [6, 6.07) is 7.89. The summed E-state index contributed by atoms with van der Waals surface area (Å²) in [7, 11) is 0. The van der Waals surface area contributed by atoms with E-state index in [9.17, 15) is 9.59 Å². The van der Waals surface area contributed by atoms with Crippen molar-refractivity contribution in [3.8, 4) is 0 Å². The summed E-state index contributed by atoms with van der Waals surface area (Å²) in [5, 5.41) is 3.36. The van der Waals surface area contributed by atoms with Gasteiger partial charge in [-0.1, -0.05) is 13.8 Å². The Bertz CT molecular complexity index is 575. The molecule has 2 amide bonds. The Kier molecular flexibility index (Phi) is 7.78. The second-order valence-electron chi connectivity index (χ2n) is 6.57. The predicted octanol–water partition coefficient (Wildman–Crippen LogP) is 2.47. The Labute approximate surface area is 155 Å². The molecule has 1 aromatic carbocycles. The first-order chi connectivity index (χ1) is 12.0. The number of hydrogen-bond acceptors (Lipinski definition) is 4. The monoisotopic (exact) mass is 363 g/mol. The van der Waals surface area contributed by atoms with Crippen LogP contribution in [0.3, 0.4) is 0 Å². The zero-order chi connectivity index (χ0) is 18.2. The van der Waals surface area contributed by atoms with Gasteiger partial charge in [-0.15, -0.1) is 11.8 Å². The Morgan fingerprint density at radius 2 is 1.84 bits per heavy atom. The summed E-state index contributed by atoms with van der Waals surface area (Å²) >= 11 is 1.80. The van der Waals surface area contributed by atoms with Gasteiger partial charge in [0.2, 0.25) is 5.91 Å². The van der Waals surface area contributed by atoms with Crippen LogP contribution >= 0.6 is 11.8 Å². The molecule has 0 radical (unpaired) electrons. The van der Waals surface area contributed by atoms with E-state index in [0.717, 1.165) is 31.6 Å². The number of nitrogens with zero attached hydrogens (tertiary/aromatic N) is 2. The molecule has 1 saturated heterocycles. The lowest BCUT2D eigenvalue weighted by Crippen LogP contribution is -2.40. The highest BCUT2D eigenvalue weighted by atomic mass is 32.2. The summed E-state index contributed by atoms with van der Waals surface area (Å²) in [5.41, 5.74) is 0.741. The van der Waals surface area contributed by atoms with E-state index in [1.165, 1.54) is 4.90 Å². The Hall–Kier alpha value is -1.53. The first kappa shape index (κ1) is 19.8. The zero-order valence-corrected chi connectivity index (χ0v) is 16.3. The molecule has 6 heteroatoms. The van der Waals surface area contributed by atoms with E-state index in [1.54, 1.807) is 11.8 Å². The largest absolute Gasteiger partial charge is 0.355 e. The van der Waals surface area contributed by atoms with E-state index < -0.39 is 0 Å². The van der Waals surface area contributed by atoms with Gasteiger partial charge in [0, 0.05) is 48.4 Å². The van der Waals surface area contributed by atoms with Crippen molar-refractivity contribution in [1.29, 1.82) is 0 Å². The molecule has 1 fully saturated rings. The molecule has 0 aliphatic carbocycles. The van der Waals surface area contributed by atoms with Gasteiger partial charge in [-0.25, -0.2) is 0 Å². The van der Waals surface area contributed by atoms with Crippen molar-refractivity contribution in [2.24, 2.45) is 0 Å². The topological polar surface area (TPSA) is 52.7 Å². The standard InChI is InChI=1S/C19H29N3O2S/c1-4-20-18(23)14-21-10-5-11-22(13-12-21)19(24)16-6-8-17(9-7-16)25-15(2)3/h6-9,15H,4-5,10-14H2,1-3H3,(H,20,23). The second kappa shape index (κ2) is 9.82. The molecule has 138 valence electrons. The number of carbonyl (C=O) groups is 2. The number of hydrogen-bond donors (Lipinski definition) is 1. The van der Waals surface area contributed by atoms with Gasteiger partial charge >= 0.3 is 0 Å². The minimum absolute atomic E-state index is 0.0560. The molecule has 1 aromatic rings. The quantitative estimate of drug-likeness (QED) is 0.789. The first-order valence-electron chi connectivity index (χ1n) is 9.04. The fourth-order valence-electron chi connectivity index (χ4n) is 2.92. The molecular formula is C19H29N3O2S. The highest BCUT2D eigenvalue weighted by Gasteiger charge is 2.21. The van der Waals surface area contributed by atoms with Gasteiger partial charge in [-0.3, -0.25) is 14.5 Å². The van der Waals surface area contributed by atoms with Crippen molar-refractivity contribution >= 4 is 23.6 Å². The second-order valence-corrected chi connectivity index (χ2v) is 8.22. The maximum Gasteiger partial charge on any atom is 0.253 e. The Morgan fingerprint density at radius 1 is 1.12 bits per heavy atom. The number of benzene rings is 1. The number of thioether (sulfide) groups is 1. The van der Waals surface area contributed by atoms with Crippen molar-refractivity contribution in [2.45, 2.75) is 37.3 Å². The molecule has 1 heterocycles. The van der Waals surface area contributed by atoms with E-state index in [1.807, 2.05) is 36.1 Å². The van der Waals surface area contributed by atoms with Crippen molar-refractivity contribution in [3.05, 3.63) is 29.8 Å². The van der Waals surface area contributed by atoms with Gasteiger partial charge in [0.1, 0.15) is 0 Å². The highest BCUT2D eigenvalue weighted by molar-refractivity contribution is 7.99. The third-order valence-electron chi connectivity index (χ3n) is 4.09. The van der Waals surface area contributed by atoms with Crippen molar-refractivity contribution < 1.29 is 9.59 Å². The summed E-state index contributed by atoms with van der Waals surface area (Å²) in [5.74, 6) is 0.140. The average molecular weight is 364 g/mol. The fourth-order valence-corrected chi connectivity index (χ4v) is 3.76. The van der Waals surface area contributed by atoms with E-state index in [4.69, 9.17) is 0 Å². The van der Waals surface area contributed by atoms with Crippen LogP contribution in [0, 0.1) is 0 Å². The van der Waals surface area contributed by atoms with Crippen LogP contribution in [0.5, 0.6) is 0 Å². The normalized spacial score (nSPS) is 15.9. The molecule has 0 saturated carbocycles. The predicted molar refractivity (Wildman–Crippen MR) is 103 cm³/mol. The van der Waals surface area contributed by atoms with Gasteiger partial charge < -0.3 is 10.2 Å². The van der Waals surface area contributed by atoms with Gasteiger partial charge in [-0.2, -0.15) is 0 Å². The summed E-state index contributed by atoms with van der Waals surface area (Å²) in [4.78, 5) is 29.7. The molecular weight excluding hydrogens is 334 g/mol. The van der Waals surface area contributed by atoms with Crippen molar-refractivity contribution in [2.75, 3.05) is 39.3 Å². The lowest BCUT2D eigenvalue weighted by molar-refractivity contribution is -0.122.